The summed E-state index contributed by atoms with van der Waals surface area (Å²) in [5, 5.41) is 0.940. The molecule has 0 fully saturated rings. The highest BCUT2D eigenvalue weighted by Gasteiger charge is 2.32. The molecule has 1 unspecified atom stereocenters. The van der Waals surface area contributed by atoms with Crippen LogP contribution in [0.25, 0.3) is 0 Å². The Morgan fingerprint density at radius 1 is 1.05 bits per heavy atom. The van der Waals surface area contributed by atoms with Crippen molar-refractivity contribution in [3.05, 3.63) is 42.5 Å². The number of carbonyl (C=O) groups excluding carboxylic acids is 2. The molecule has 1 atom stereocenters. The summed E-state index contributed by atoms with van der Waals surface area (Å²) in [6, 6.07) is 9.73. The van der Waals surface area contributed by atoms with Crippen molar-refractivity contribution in [2.75, 3.05) is 7.11 Å². The lowest BCUT2D eigenvalue weighted by Crippen LogP contribution is -2.42. The Kier molecular flexibility index (Phi) is 5.70. The van der Waals surface area contributed by atoms with Crippen molar-refractivity contribution in [1.82, 2.24) is 0 Å². The first kappa shape index (κ1) is 16.2. The lowest BCUT2D eigenvalue weighted by atomic mass is 10.2. The molecule has 0 spiro atoms. The van der Waals surface area contributed by atoms with E-state index in [0.717, 1.165) is 17.3 Å². The van der Waals surface area contributed by atoms with Gasteiger partial charge in [0.2, 0.25) is 0 Å². The number of benzene rings is 1. The third-order valence-electron chi connectivity index (χ3n) is 2.68. The van der Waals surface area contributed by atoms with Crippen molar-refractivity contribution in [3.8, 4) is 0 Å². The van der Waals surface area contributed by atoms with Crippen LogP contribution >= 0.6 is 0 Å². The van der Waals surface area contributed by atoms with E-state index in [4.69, 9.17) is 4.43 Å². The number of hydrogen-bond donors (Lipinski definition) is 0. The smallest absolute Gasteiger partial charge is 0.330 e. The summed E-state index contributed by atoms with van der Waals surface area (Å²) >= 11 is 0. The van der Waals surface area contributed by atoms with E-state index in [9.17, 15) is 9.59 Å². The SMILES string of the molecule is COC(=O)C=CC(=O)O[SiH](c1ccccc1)C(C)(C)C. The fraction of sp³-hybridized carbons (Fsp3) is 0.333. The summed E-state index contributed by atoms with van der Waals surface area (Å²) in [6.07, 6.45) is 2.18. The van der Waals surface area contributed by atoms with Crippen molar-refractivity contribution in [2.24, 2.45) is 0 Å². The third-order valence-corrected chi connectivity index (χ3v) is 5.71. The molecule has 108 valence electrons. The van der Waals surface area contributed by atoms with E-state index < -0.39 is 21.0 Å². The second-order valence-electron chi connectivity index (χ2n) is 5.45. The second-order valence-corrected chi connectivity index (χ2v) is 8.84. The maximum Gasteiger partial charge on any atom is 0.330 e. The first-order valence-electron chi connectivity index (χ1n) is 6.36. The van der Waals surface area contributed by atoms with Gasteiger partial charge in [0, 0.05) is 12.2 Å². The molecule has 0 aliphatic rings. The number of hydrogen-bond acceptors (Lipinski definition) is 4. The van der Waals surface area contributed by atoms with Crippen LogP contribution in [0.4, 0.5) is 0 Å². The molecule has 0 bridgehead atoms. The average Bonchev–Trinajstić information content (AvgIpc) is 2.41. The summed E-state index contributed by atoms with van der Waals surface area (Å²) in [5.74, 6) is -1.08. The standard InChI is InChI=1S/C15H20O4Si/c1-15(2,3)20(12-8-6-5-7-9-12)19-14(17)11-10-13(16)18-4/h5-11,20H,1-4H3. The molecule has 20 heavy (non-hydrogen) atoms. The quantitative estimate of drug-likeness (QED) is 0.481. The molecule has 0 aliphatic heterocycles. The van der Waals surface area contributed by atoms with Gasteiger partial charge >= 0.3 is 11.9 Å². The van der Waals surface area contributed by atoms with E-state index in [-0.39, 0.29) is 5.04 Å². The first-order valence-corrected chi connectivity index (χ1v) is 7.99. The van der Waals surface area contributed by atoms with Crippen LogP contribution in [0.2, 0.25) is 5.04 Å². The highest BCUT2D eigenvalue weighted by molar-refractivity contribution is 6.71. The predicted octanol–water partition coefficient (Wildman–Crippen LogP) is 1.69. The molecule has 1 aromatic rings. The molecule has 0 aromatic heterocycles. The van der Waals surface area contributed by atoms with Gasteiger partial charge in [-0.05, 0) is 10.2 Å². The Balaban J connectivity index is 2.85. The topological polar surface area (TPSA) is 52.6 Å². The van der Waals surface area contributed by atoms with Gasteiger partial charge in [0.25, 0.3) is 9.04 Å². The Labute approximate surface area is 121 Å². The largest absolute Gasteiger partial charge is 0.514 e. The van der Waals surface area contributed by atoms with Gasteiger partial charge in [0.1, 0.15) is 0 Å². The van der Waals surface area contributed by atoms with Gasteiger partial charge in [-0.2, -0.15) is 0 Å². The number of ether oxygens (including phenoxy) is 1. The molecule has 0 radical (unpaired) electrons. The third kappa shape index (κ3) is 5.01. The van der Waals surface area contributed by atoms with Crippen molar-refractivity contribution >= 4 is 26.2 Å². The zero-order valence-corrected chi connectivity index (χ0v) is 13.4. The van der Waals surface area contributed by atoms with Gasteiger partial charge < -0.3 is 9.16 Å². The maximum absolute atomic E-state index is 11.8. The molecule has 5 heteroatoms. The fourth-order valence-electron chi connectivity index (χ4n) is 1.73. The van der Waals surface area contributed by atoms with Crippen LogP contribution in [0.1, 0.15) is 20.8 Å². The Morgan fingerprint density at radius 2 is 1.60 bits per heavy atom. The summed E-state index contributed by atoms with van der Waals surface area (Å²) < 4.78 is 10.0. The minimum atomic E-state index is -1.96. The van der Waals surface area contributed by atoms with Crippen LogP contribution in [0.3, 0.4) is 0 Å². The molecule has 4 nitrogen and oxygen atoms in total. The first-order chi connectivity index (χ1) is 9.34. The monoisotopic (exact) mass is 292 g/mol. The van der Waals surface area contributed by atoms with Crippen LogP contribution in [0.15, 0.2) is 42.5 Å². The van der Waals surface area contributed by atoms with Gasteiger partial charge in [-0.15, -0.1) is 0 Å². The van der Waals surface area contributed by atoms with Gasteiger partial charge in [0.05, 0.1) is 7.11 Å². The second kappa shape index (κ2) is 7.05. The molecule has 1 aromatic carbocycles. The van der Waals surface area contributed by atoms with E-state index in [0.29, 0.717) is 0 Å². The molecule has 0 amide bonds. The summed E-state index contributed by atoms with van der Waals surface area (Å²) in [5.41, 5.74) is 0. The average molecular weight is 292 g/mol. The lowest BCUT2D eigenvalue weighted by molar-refractivity contribution is -0.135. The molecule has 0 saturated heterocycles. The molecule has 0 aliphatic carbocycles. The number of methoxy groups -OCH3 is 1. The van der Waals surface area contributed by atoms with E-state index in [1.54, 1.807) is 0 Å². The molecular formula is C15H20O4Si. The molecule has 1 rings (SSSR count). The van der Waals surface area contributed by atoms with E-state index in [2.05, 4.69) is 4.74 Å². The van der Waals surface area contributed by atoms with E-state index in [1.807, 2.05) is 51.1 Å². The van der Waals surface area contributed by atoms with Crippen molar-refractivity contribution in [1.29, 1.82) is 0 Å². The van der Waals surface area contributed by atoms with Gasteiger partial charge in [-0.3, -0.25) is 0 Å². The Bertz CT molecular complexity index is 488. The minimum absolute atomic E-state index is 0.115. The van der Waals surface area contributed by atoms with Gasteiger partial charge in [-0.25, -0.2) is 9.59 Å². The zero-order chi connectivity index (χ0) is 15.2. The predicted molar refractivity (Wildman–Crippen MR) is 80.2 cm³/mol. The lowest BCUT2D eigenvalue weighted by Gasteiger charge is -2.28. The van der Waals surface area contributed by atoms with Crippen LogP contribution in [0.5, 0.6) is 0 Å². The van der Waals surface area contributed by atoms with Crippen molar-refractivity contribution in [2.45, 2.75) is 25.8 Å². The number of carbonyl (C=O) groups is 2. The van der Waals surface area contributed by atoms with Gasteiger partial charge in [0.15, 0.2) is 0 Å². The zero-order valence-electron chi connectivity index (χ0n) is 12.3. The Hall–Kier alpha value is -1.88. The number of esters is 1. The molecular weight excluding hydrogens is 272 g/mol. The normalized spacial score (nSPS) is 13.0. The fourth-order valence-corrected chi connectivity index (χ4v) is 4.10. The minimum Gasteiger partial charge on any atom is -0.514 e. The van der Waals surface area contributed by atoms with Crippen LogP contribution in [0, 0.1) is 0 Å². The van der Waals surface area contributed by atoms with Crippen molar-refractivity contribution < 1.29 is 18.8 Å². The van der Waals surface area contributed by atoms with E-state index >= 15 is 0 Å². The van der Waals surface area contributed by atoms with Crippen molar-refractivity contribution in [3.63, 3.8) is 0 Å². The summed E-state index contributed by atoms with van der Waals surface area (Å²) in [7, 11) is -0.704. The molecule has 0 heterocycles. The van der Waals surface area contributed by atoms with Crippen LogP contribution in [-0.4, -0.2) is 28.1 Å². The summed E-state index contributed by atoms with van der Waals surface area (Å²) in [4.78, 5) is 22.8. The van der Waals surface area contributed by atoms with Crippen LogP contribution < -0.4 is 5.19 Å². The molecule has 0 N–H and O–H groups in total. The summed E-state index contributed by atoms with van der Waals surface area (Å²) in [6.45, 7) is 6.15. The van der Waals surface area contributed by atoms with E-state index in [1.165, 1.54) is 7.11 Å². The Morgan fingerprint density at radius 3 is 2.10 bits per heavy atom. The molecule has 0 saturated carbocycles. The van der Waals surface area contributed by atoms with Crippen LogP contribution in [-0.2, 0) is 18.8 Å². The van der Waals surface area contributed by atoms with Gasteiger partial charge in [-0.1, -0.05) is 51.1 Å². The number of rotatable bonds is 4. The highest BCUT2D eigenvalue weighted by atomic mass is 28.3. The maximum atomic E-state index is 11.8. The highest BCUT2D eigenvalue weighted by Crippen LogP contribution is 2.27.